The normalized spacial score (nSPS) is 17.9. The number of hydrogen-bond acceptors (Lipinski definition) is 1. The van der Waals surface area contributed by atoms with Gasteiger partial charge in [-0.15, -0.1) is 0 Å². The van der Waals surface area contributed by atoms with Crippen LogP contribution in [-0.2, 0) is 17.1 Å². The summed E-state index contributed by atoms with van der Waals surface area (Å²) in [7, 11) is 0. The van der Waals surface area contributed by atoms with E-state index in [1.807, 2.05) is 57.1 Å². The predicted octanol–water partition coefficient (Wildman–Crippen LogP) is 4.77. The summed E-state index contributed by atoms with van der Waals surface area (Å²) < 4.78 is 1.09. The molecule has 1 aromatic heterocycles. The van der Waals surface area contributed by atoms with Crippen molar-refractivity contribution >= 4 is 26.8 Å². The van der Waals surface area contributed by atoms with E-state index in [0.717, 1.165) is 21.1 Å². The van der Waals surface area contributed by atoms with Gasteiger partial charge in [-0.25, -0.2) is 0 Å². The van der Waals surface area contributed by atoms with Gasteiger partial charge in [0.15, 0.2) is 0 Å². The molecule has 1 nitrogen and oxygen atoms in total. The van der Waals surface area contributed by atoms with Gasteiger partial charge in [0.1, 0.15) is 0 Å². The van der Waals surface area contributed by atoms with Crippen LogP contribution in [0.1, 0.15) is 5.69 Å². The standard InChI is InChI=1S/C14H9BrN.C5H5.Fe/c15-12-6-8-14-11(9-12)5-7-13(16-14)10-3-1-2-4-10;1-2-4-5-3-1;/h1-9H;1-5H;. The van der Waals surface area contributed by atoms with Crippen molar-refractivity contribution in [3.63, 3.8) is 0 Å². The van der Waals surface area contributed by atoms with Crippen LogP contribution in [0.3, 0.4) is 0 Å². The Hall–Kier alpha value is -0.371. The van der Waals surface area contributed by atoms with Gasteiger partial charge in [-0.1, -0.05) is 22.0 Å². The van der Waals surface area contributed by atoms with Crippen LogP contribution in [0.5, 0.6) is 0 Å². The molecule has 10 radical (unpaired) electrons. The zero-order valence-electron chi connectivity index (χ0n) is 11.8. The first kappa shape index (κ1) is 18.0. The molecular weight excluding hydrogens is 378 g/mol. The molecule has 22 heavy (non-hydrogen) atoms. The summed E-state index contributed by atoms with van der Waals surface area (Å²) in [5.74, 6) is 1.17. The molecule has 0 N–H and O–H groups in total. The quantitative estimate of drug-likeness (QED) is 0.638. The van der Waals surface area contributed by atoms with Gasteiger partial charge in [0.2, 0.25) is 0 Å². The van der Waals surface area contributed by atoms with Gasteiger partial charge in [-0.05, 0) is 82.1 Å². The van der Waals surface area contributed by atoms with Crippen molar-refractivity contribution in [1.29, 1.82) is 0 Å². The number of pyridine rings is 1. The Labute approximate surface area is 152 Å². The van der Waals surface area contributed by atoms with Crippen LogP contribution in [0.2, 0.25) is 0 Å². The first-order chi connectivity index (χ1) is 10.3. The molecule has 0 saturated heterocycles. The largest absolute Gasteiger partial charge is 0.252 e. The van der Waals surface area contributed by atoms with Crippen molar-refractivity contribution in [2.24, 2.45) is 0 Å². The summed E-state index contributed by atoms with van der Waals surface area (Å²) in [5.41, 5.74) is 2.06. The molecule has 0 spiro atoms. The molecule has 1 heterocycles. The number of nitrogens with zero attached hydrogens (tertiary/aromatic N) is 1. The maximum absolute atomic E-state index is 4.64. The third-order valence-corrected chi connectivity index (χ3v) is 3.66. The Balaban J connectivity index is 0.000000253. The third-order valence-electron chi connectivity index (χ3n) is 3.17. The molecule has 0 atom stereocenters. The van der Waals surface area contributed by atoms with Gasteiger partial charge >= 0.3 is 0 Å². The van der Waals surface area contributed by atoms with Gasteiger partial charge in [-0.3, -0.25) is 4.98 Å². The van der Waals surface area contributed by atoms with Gasteiger partial charge in [-0.2, -0.15) is 0 Å². The van der Waals surface area contributed by atoms with Crippen molar-refractivity contribution in [2.75, 3.05) is 0 Å². The van der Waals surface area contributed by atoms with Crippen LogP contribution in [-0.4, -0.2) is 4.98 Å². The number of aromatic nitrogens is 1. The SMILES string of the molecule is Brc1ccc2nc([C]3[CH][CH][CH][CH]3)ccc2c1.[CH]1[CH][CH][CH][CH]1.[Fe]. The maximum Gasteiger partial charge on any atom is 0.0706 e. The fraction of sp³-hybridized carbons (Fsp3) is 0. The Morgan fingerprint density at radius 3 is 2.00 bits per heavy atom. The summed E-state index contributed by atoms with van der Waals surface area (Å²) in [6.45, 7) is 0. The van der Waals surface area contributed by atoms with E-state index in [-0.39, 0.29) is 17.1 Å². The molecule has 110 valence electrons. The first-order valence-electron chi connectivity index (χ1n) is 6.78. The minimum absolute atomic E-state index is 0. The average Bonchev–Trinajstić information content (AvgIpc) is 3.22. The third kappa shape index (κ3) is 4.81. The number of halogens is 1. The Morgan fingerprint density at radius 2 is 1.36 bits per heavy atom. The molecule has 2 aliphatic rings. The van der Waals surface area contributed by atoms with Crippen molar-refractivity contribution in [1.82, 2.24) is 4.98 Å². The maximum atomic E-state index is 4.64. The van der Waals surface area contributed by atoms with Crippen LogP contribution in [0.15, 0.2) is 34.8 Å². The summed E-state index contributed by atoms with van der Waals surface area (Å²) in [6.07, 6.45) is 18.2. The van der Waals surface area contributed by atoms with E-state index >= 15 is 0 Å². The summed E-state index contributed by atoms with van der Waals surface area (Å²) in [4.78, 5) is 4.64. The molecule has 3 heteroatoms. The summed E-state index contributed by atoms with van der Waals surface area (Å²) in [6, 6.07) is 10.3. The fourth-order valence-electron chi connectivity index (χ4n) is 2.12. The second-order valence-corrected chi connectivity index (χ2v) is 5.59. The van der Waals surface area contributed by atoms with E-state index in [1.165, 1.54) is 5.92 Å². The smallest absolute Gasteiger partial charge is 0.0706 e. The van der Waals surface area contributed by atoms with Crippen LogP contribution in [0.4, 0.5) is 0 Å². The Bertz CT molecular complexity index is 581. The second-order valence-electron chi connectivity index (χ2n) is 4.67. The molecule has 4 rings (SSSR count). The summed E-state index contributed by atoms with van der Waals surface area (Å²) >= 11 is 3.46. The summed E-state index contributed by atoms with van der Waals surface area (Å²) in [5, 5.41) is 1.16. The molecule has 2 fully saturated rings. The number of fused-ring (bicyclic) bond motifs is 1. The Morgan fingerprint density at radius 1 is 0.727 bits per heavy atom. The zero-order chi connectivity index (χ0) is 14.5. The van der Waals surface area contributed by atoms with Crippen LogP contribution >= 0.6 is 15.9 Å². The molecule has 2 saturated carbocycles. The van der Waals surface area contributed by atoms with E-state index in [1.54, 1.807) is 0 Å². The Kier molecular flexibility index (Phi) is 7.40. The molecule has 0 aliphatic heterocycles. The molecule has 2 aliphatic carbocycles. The van der Waals surface area contributed by atoms with Crippen molar-refractivity contribution in [2.45, 2.75) is 0 Å². The number of hydrogen-bond donors (Lipinski definition) is 0. The van der Waals surface area contributed by atoms with Gasteiger partial charge < -0.3 is 0 Å². The van der Waals surface area contributed by atoms with Crippen molar-refractivity contribution < 1.29 is 17.1 Å². The number of rotatable bonds is 1. The molecule has 0 unspecified atom stereocenters. The second kappa shape index (κ2) is 9.05. The van der Waals surface area contributed by atoms with Crippen molar-refractivity contribution in [3.8, 4) is 0 Å². The van der Waals surface area contributed by atoms with Gasteiger partial charge in [0.05, 0.1) is 5.52 Å². The van der Waals surface area contributed by atoms with Gasteiger partial charge in [0.25, 0.3) is 0 Å². The molecule has 0 bridgehead atoms. The van der Waals surface area contributed by atoms with Crippen molar-refractivity contribution in [3.05, 3.63) is 104 Å². The first-order valence-corrected chi connectivity index (χ1v) is 7.57. The van der Waals surface area contributed by atoms with Gasteiger partial charge in [0, 0.05) is 38.5 Å². The molecule has 0 amide bonds. The van der Waals surface area contributed by atoms with Crippen LogP contribution < -0.4 is 0 Å². The molecule has 2 aromatic rings. The van der Waals surface area contributed by atoms with E-state index in [4.69, 9.17) is 0 Å². The fourth-order valence-corrected chi connectivity index (χ4v) is 2.50. The van der Waals surface area contributed by atoms with Crippen LogP contribution in [0.25, 0.3) is 10.9 Å². The van der Waals surface area contributed by atoms with Crippen LogP contribution in [0, 0.1) is 63.7 Å². The van der Waals surface area contributed by atoms with E-state index < -0.39 is 0 Å². The van der Waals surface area contributed by atoms with E-state index in [9.17, 15) is 0 Å². The average molecular weight is 392 g/mol. The van der Waals surface area contributed by atoms with E-state index in [2.05, 4.69) is 52.0 Å². The predicted molar refractivity (Wildman–Crippen MR) is 90.5 cm³/mol. The van der Waals surface area contributed by atoms with E-state index in [0.29, 0.717) is 0 Å². The monoisotopic (exact) mass is 391 g/mol. The zero-order valence-corrected chi connectivity index (χ0v) is 14.5. The number of benzene rings is 1. The molecular formula is C19H14BrFeN. The minimum atomic E-state index is 0. The topological polar surface area (TPSA) is 12.9 Å². The minimum Gasteiger partial charge on any atom is -0.252 e. The molecule has 1 aromatic carbocycles.